The van der Waals surface area contributed by atoms with Crippen molar-refractivity contribution in [2.45, 2.75) is 6.61 Å². The lowest BCUT2D eigenvalue weighted by atomic mass is 10.1. The standard InChI is InChI=1S/C17H16N2OS/c1-20-11-12-7-9-13(10-8-12)15-16(18)21-17(19-15)14-5-3-2-4-6-14/h2-10H,11,18H2,1H3. The predicted octanol–water partition coefficient (Wildman–Crippen LogP) is 4.21. The van der Waals surface area contributed by atoms with E-state index in [0.29, 0.717) is 6.61 Å². The maximum Gasteiger partial charge on any atom is 0.126 e. The van der Waals surface area contributed by atoms with Gasteiger partial charge < -0.3 is 10.5 Å². The van der Waals surface area contributed by atoms with Gasteiger partial charge in [0.15, 0.2) is 0 Å². The fourth-order valence-electron chi connectivity index (χ4n) is 2.17. The average Bonchev–Trinajstić information content (AvgIpc) is 2.91. The molecule has 2 N–H and O–H groups in total. The molecule has 2 aromatic carbocycles. The van der Waals surface area contributed by atoms with Crippen molar-refractivity contribution in [1.29, 1.82) is 0 Å². The third-order valence-electron chi connectivity index (χ3n) is 3.21. The van der Waals surface area contributed by atoms with Crippen molar-refractivity contribution in [3.63, 3.8) is 0 Å². The van der Waals surface area contributed by atoms with Crippen LogP contribution in [0.3, 0.4) is 0 Å². The number of nitrogen functional groups attached to an aromatic ring is 1. The van der Waals surface area contributed by atoms with Gasteiger partial charge in [-0.2, -0.15) is 0 Å². The Morgan fingerprint density at radius 2 is 1.71 bits per heavy atom. The van der Waals surface area contributed by atoms with E-state index >= 15 is 0 Å². The molecule has 3 rings (SSSR count). The van der Waals surface area contributed by atoms with E-state index in [1.54, 1.807) is 7.11 Å². The summed E-state index contributed by atoms with van der Waals surface area (Å²) < 4.78 is 5.12. The molecule has 21 heavy (non-hydrogen) atoms. The van der Waals surface area contributed by atoms with Crippen LogP contribution in [0.5, 0.6) is 0 Å². The van der Waals surface area contributed by atoms with Crippen LogP contribution in [0.1, 0.15) is 5.56 Å². The van der Waals surface area contributed by atoms with Gasteiger partial charge in [0.25, 0.3) is 0 Å². The summed E-state index contributed by atoms with van der Waals surface area (Å²) in [7, 11) is 1.69. The quantitative estimate of drug-likeness (QED) is 0.784. The van der Waals surface area contributed by atoms with Gasteiger partial charge in [-0.05, 0) is 5.56 Å². The van der Waals surface area contributed by atoms with Crippen molar-refractivity contribution in [3.8, 4) is 21.8 Å². The molecular weight excluding hydrogens is 280 g/mol. The monoisotopic (exact) mass is 296 g/mol. The molecule has 0 saturated heterocycles. The van der Waals surface area contributed by atoms with Crippen LogP contribution < -0.4 is 5.73 Å². The maximum atomic E-state index is 6.14. The van der Waals surface area contributed by atoms with Gasteiger partial charge >= 0.3 is 0 Å². The highest BCUT2D eigenvalue weighted by Gasteiger charge is 2.11. The fraction of sp³-hybridized carbons (Fsp3) is 0.118. The molecule has 0 bridgehead atoms. The van der Waals surface area contributed by atoms with Gasteiger partial charge in [0, 0.05) is 18.2 Å². The molecule has 3 aromatic rings. The van der Waals surface area contributed by atoms with Crippen LogP contribution in [0.4, 0.5) is 5.00 Å². The number of aromatic nitrogens is 1. The van der Waals surface area contributed by atoms with Crippen molar-refractivity contribution >= 4 is 16.3 Å². The number of thiazole rings is 1. The van der Waals surface area contributed by atoms with E-state index in [2.05, 4.69) is 4.98 Å². The number of nitrogens with two attached hydrogens (primary N) is 1. The molecule has 0 aliphatic rings. The molecule has 3 nitrogen and oxygen atoms in total. The Morgan fingerprint density at radius 1 is 1.00 bits per heavy atom. The summed E-state index contributed by atoms with van der Waals surface area (Å²) in [5, 5.41) is 1.69. The van der Waals surface area contributed by atoms with Gasteiger partial charge in [-0.3, -0.25) is 0 Å². The molecule has 0 spiro atoms. The molecule has 4 heteroatoms. The Hall–Kier alpha value is -2.17. The Balaban J connectivity index is 1.94. The minimum absolute atomic E-state index is 0.613. The van der Waals surface area contributed by atoms with Crippen molar-refractivity contribution in [1.82, 2.24) is 4.98 Å². The largest absolute Gasteiger partial charge is 0.389 e. The molecule has 1 aromatic heterocycles. The van der Waals surface area contributed by atoms with Crippen LogP contribution in [0.2, 0.25) is 0 Å². The van der Waals surface area contributed by atoms with Crippen LogP contribution in [0, 0.1) is 0 Å². The number of hydrogen-bond acceptors (Lipinski definition) is 4. The molecule has 0 saturated carbocycles. The molecule has 0 unspecified atom stereocenters. The highest BCUT2D eigenvalue weighted by molar-refractivity contribution is 7.19. The zero-order valence-corrected chi connectivity index (χ0v) is 12.6. The third kappa shape index (κ3) is 2.96. The summed E-state index contributed by atoms with van der Waals surface area (Å²) in [5.41, 5.74) is 10.3. The number of methoxy groups -OCH3 is 1. The molecule has 0 fully saturated rings. The number of rotatable bonds is 4. The molecule has 0 aliphatic heterocycles. The molecule has 0 atom stereocenters. The van der Waals surface area contributed by atoms with Gasteiger partial charge in [-0.15, -0.1) is 0 Å². The van der Waals surface area contributed by atoms with Crippen molar-refractivity contribution in [2.24, 2.45) is 0 Å². The zero-order valence-electron chi connectivity index (χ0n) is 11.7. The number of ether oxygens (including phenoxy) is 1. The van der Waals surface area contributed by atoms with Crippen LogP contribution in [0.25, 0.3) is 21.8 Å². The molecule has 1 heterocycles. The Morgan fingerprint density at radius 3 is 2.38 bits per heavy atom. The number of hydrogen-bond donors (Lipinski definition) is 1. The highest BCUT2D eigenvalue weighted by Crippen LogP contribution is 2.35. The number of anilines is 1. The lowest BCUT2D eigenvalue weighted by Gasteiger charge is -2.02. The summed E-state index contributed by atoms with van der Waals surface area (Å²) in [6, 6.07) is 18.3. The first kappa shape index (κ1) is 13.8. The molecular formula is C17H16N2OS. The van der Waals surface area contributed by atoms with Crippen LogP contribution in [-0.2, 0) is 11.3 Å². The fourth-order valence-corrected chi connectivity index (χ4v) is 3.03. The maximum absolute atomic E-state index is 6.14. The highest BCUT2D eigenvalue weighted by atomic mass is 32.1. The second-order valence-corrected chi connectivity index (χ2v) is 5.76. The average molecular weight is 296 g/mol. The minimum Gasteiger partial charge on any atom is -0.389 e. The van der Waals surface area contributed by atoms with Crippen molar-refractivity contribution in [3.05, 3.63) is 60.2 Å². The first-order chi connectivity index (χ1) is 10.3. The Bertz CT molecular complexity index is 720. The second kappa shape index (κ2) is 6.08. The van der Waals surface area contributed by atoms with Crippen molar-refractivity contribution in [2.75, 3.05) is 12.8 Å². The Labute approximate surface area is 128 Å². The summed E-state index contributed by atoms with van der Waals surface area (Å²) in [6.45, 7) is 0.613. The van der Waals surface area contributed by atoms with E-state index in [-0.39, 0.29) is 0 Å². The van der Waals surface area contributed by atoms with Crippen LogP contribution >= 0.6 is 11.3 Å². The molecule has 0 amide bonds. The summed E-state index contributed by atoms with van der Waals surface area (Å²) >= 11 is 1.52. The second-order valence-electron chi connectivity index (χ2n) is 4.73. The molecule has 106 valence electrons. The summed E-state index contributed by atoms with van der Waals surface area (Å²) in [5.74, 6) is 0. The summed E-state index contributed by atoms with van der Waals surface area (Å²) in [6.07, 6.45) is 0. The van der Waals surface area contributed by atoms with Crippen molar-refractivity contribution < 1.29 is 4.74 Å². The van der Waals surface area contributed by atoms with E-state index in [0.717, 1.165) is 32.4 Å². The lowest BCUT2D eigenvalue weighted by molar-refractivity contribution is 0.185. The zero-order chi connectivity index (χ0) is 14.7. The topological polar surface area (TPSA) is 48.1 Å². The van der Waals surface area contributed by atoms with E-state index in [4.69, 9.17) is 10.5 Å². The van der Waals surface area contributed by atoms with E-state index in [1.165, 1.54) is 11.3 Å². The summed E-state index contributed by atoms with van der Waals surface area (Å²) in [4.78, 5) is 4.69. The van der Waals surface area contributed by atoms with Gasteiger partial charge in [0.1, 0.15) is 15.7 Å². The van der Waals surface area contributed by atoms with Gasteiger partial charge in [-0.1, -0.05) is 65.9 Å². The SMILES string of the molecule is COCc1ccc(-c2nc(-c3ccccc3)sc2N)cc1. The minimum atomic E-state index is 0.613. The van der Waals surface area contributed by atoms with Gasteiger partial charge in [0.2, 0.25) is 0 Å². The van der Waals surface area contributed by atoms with Crippen LogP contribution in [0.15, 0.2) is 54.6 Å². The smallest absolute Gasteiger partial charge is 0.126 e. The van der Waals surface area contributed by atoms with E-state index in [9.17, 15) is 0 Å². The predicted molar refractivity (Wildman–Crippen MR) is 88.1 cm³/mol. The Kier molecular flexibility index (Phi) is 3.99. The third-order valence-corrected chi connectivity index (χ3v) is 4.15. The van der Waals surface area contributed by atoms with E-state index < -0.39 is 0 Å². The molecule has 0 radical (unpaired) electrons. The van der Waals surface area contributed by atoms with Crippen LogP contribution in [-0.4, -0.2) is 12.1 Å². The van der Waals surface area contributed by atoms with E-state index in [1.807, 2.05) is 54.6 Å². The number of nitrogens with zero attached hydrogens (tertiary/aromatic N) is 1. The normalized spacial score (nSPS) is 10.7. The lowest BCUT2D eigenvalue weighted by Crippen LogP contribution is -1.89. The molecule has 0 aliphatic carbocycles. The first-order valence-corrected chi connectivity index (χ1v) is 7.49. The number of benzene rings is 2. The first-order valence-electron chi connectivity index (χ1n) is 6.68. The van der Waals surface area contributed by atoms with Gasteiger partial charge in [0.05, 0.1) is 6.61 Å². The van der Waals surface area contributed by atoms with Gasteiger partial charge in [-0.25, -0.2) is 4.98 Å².